The van der Waals surface area contributed by atoms with Gasteiger partial charge in [-0.1, -0.05) is 36.4 Å². The standard InChI is InChI=1S/C20H22N2O3/c1-14-6-5-9-17(10-14)21-19(23)13-22-12-16-8-4-3-7-15(16)11-18(22)20(24)25-2/h3-10,18H,11-13H2,1-2H3,(H,21,23)/t18-/m0/s1. The highest BCUT2D eigenvalue weighted by molar-refractivity contribution is 5.92. The molecule has 0 aromatic heterocycles. The molecule has 0 saturated carbocycles. The zero-order valence-electron chi connectivity index (χ0n) is 14.5. The number of hydrogen-bond donors (Lipinski definition) is 1. The third kappa shape index (κ3) is 4.06. The summed E-state index contributed by atoms with van der Waals surface area (Å²) in [5.41, 5.74) is 4.12. The third-order valence-corrected chi connectivity index (χ3v) is 4.47. The number of nitrogens with zero attached hydrogens (tertiary/aromatic N) is 1. The minimum atomic E-state index is -0.442. The Morgan fingerprint density at radius 3 is 2.64 bits per heavy atom. The van der Waals surface area contributed by atoms with E-state index in [2.05, 4.69) is 5.32 Å². The molecular weight excluding hydrogens is 316 g/mol. The zero-order chi connectivity index (χ0) is 17.8. The molecule has 1 aliphatic rings. The summed E-state index contributed by atoms with van der Waals surface area (Å²) in [5.74, 6) is -0.447. The summed E-state index contributed by atoms with van der Waals surface area (Å²) in [6.45, 7) is 2.67. The number of hydrogen-bond acceptors (Lipinski definition) is 4. The maximum Gasteiger partial charge on any atom is 0.323 e. The van der Waals surface area contributed by atoms with E-state index in [4.69, 9.17) is 4.74 Å². The lowest BCUT2D eigenvalue weighted by atomic mass is 9.94. The third-order valence-electron chi connectivity index (χ3n) is 4.47. The first-order valence-electron chi connectivity index (χ1n) is 8.32. The Bertz CT molecular complexity index is 788. The van der Waals surface area contributed by atoms with Crippen LogP contribution in [-0.4, -0.2) is 36.5 Å². The average molecular weight is 338 g/mol. The second kappa shape index (κ2) is 7.49. The molecule has 5 heteroatoms. The van der Waals surface area contributed by atoms with Gasteiger partial charge in [0.25, 0.3) is 0 Å². The summed E-state index contributed by atoms with van der Waals surface area (Å²) in [6, 6.07) is 15.2. The molecule has 0 radical (unpaired) electrons. The van der Waals surface area contributed by atoms with Crippen molar-refractivity contribution in [3.8, 4) is 0 Å². The largest absolute Gasteiger partial charge is 0.468 e. The molecule has 2 aromatic rings. The van der Waals surface area contributed by atoms with Crippen LogP contribution in [0.3, 0.4) is 0 Å². The van der Waals surface area contributed by atoms with Gasteiger partial charge < -0.3 is 10.1 Å². The van der Waals surface area contributed by atoms with E-state index in [1.165, 1.54) is 7.11 Å². The molecule has 0 bridgehead atoms. The number of carbonyl (C=O) groups excluding carboxylic acids is 2. The number of amides is 1. The molecule has 1 heterocycles. The van der Waals surface area contributed by atoms with Crippen molar-refractivity contribution in [2.24, 2.45) is 0 Å². The Morgan fingerprint density at radius 1 is 1.16 bits per heavy atom. The summed E-state index contributed by atoms with van der Waals surface area (Å²) in [5, 5.41) is 2.90. The number of fused-ring (bicyclic) bond motifs is 1. The van der Waals surface area contributed by atoms with E-state index in [0.29, 0.717) is 13.0 Å². The molecule has 25 heavy (non-hydrogen) atoms. The van der Waals surface area contributed by atoms with E-state index in [9.17, 15) is 9.59 Å². The zero-order valence-corrected chi connectivity index (χ0v) is 14.5. The number of methoxy groups -OCH3 is 1. The highest BCUT2D eigenvalue weighted by Crippen LogP contribution is 2.24. The van der Waals surface area contributed by atoms with Gasteiger partial charge in [0.05, 0.1) is 13.7 Å². The first-order chi connectivity index (χ1) is 12.1. The molecule has 3 rings (SSSR count). The van der Waals surface area contributed by atoms with Crippen molar-refractivity contribution in [2.45, 2.75) is 25.9 Å². The van der Waals surface area contributed by atoms with Crippen LogP contribution in [0.5, 0.6) is 0 Å². The van der Waals surface area contributed by atoms with Crippen LogP contribution in [0.25, 0.3) is 0 Å². The predicted molar refractivity (Wildman–Crippen MR) is 96.2 cm³/mol. The number of esters is 1. The summed E-state index contributed by atoms with van der Waals surface area (Å²) in [4.78, 5) is 26.5. The van der Waals surface area contributed by atoms with Crippen LogP contribution in [-0.2, 0) is 27.3 Å². The fourth-order valence-corrected chi connectivity index (χ4v) is 3.22. The number of rotatable bonds is 4. The predicted octanol–water partition coefficient (Wildman–Crippen LogP) is 2.53. The quantitative estimate of drug-likeness (QED) is 0.871. The van der Waals surface area contributed by atoms with Gasteiger partial charge in [0, 0.05) is 12.2 Å². The van der Waals surface area contributed by atoms with Crippen LogP contribution >= 0.6 is 0 Å². The van der Waals surface area contributed by atoms with Gasteiger partial charge in [0.2, 0.25) is 5.91 Å². The average Bonchev–Trinajstić information content (AvgIpc) is 2.60. The number of carbonyl (C=O) groups is 2. The monoisotopic (exact) mass is 338 g/mol. The van der Waals surface area contributed by atoms with Crippen LogP contribution in [0.15, 0.2) is 48.5 Å². The molecule has 1 aliphatic heterocycles. The van der Waals surface area contributed by atoms with Crippen LogP contribution in [0, 0.1) is 6.92 Å². The van der Waals surface area contributed by atoms with Crippen LogP contribution in [0.2, 0.25) is 0 Å². The van der Waals surface area contributed by atoms with Crippen molar-refractivity contribution >= 4 is 17.6 Å². The van der Waals surface area contributed by atoms with E-state index in [-0.39, 0.29) is 18.4 Å². The van der Waals surface area contributed by atoms with Crippen molar-refractivity contribution in [3.05, 3.63) is 65.2 Å². The van der Waals surface area contributed by atoms with Gasteiger partial charge in [0.15, 0.2) is 0 Å². The van der Waals surface area contributed by atoms with Crippen molar-refractivity contribution in [2.75, 3.05) is 19.0 Å². The Kier molecular flexibility index (Phi) is 5.14. The molecule has 0 saturated heterocycles. The molecule has 2 aromatic carbocycles. The summed E-state index contributed by atoms with van der Waals surface area (Å²) in [7, 11) is 1.38. The number of benzene rings is 2. The van der Waals surface area contributed by atoms with E-state index >= 15 is 0 Å². The SMILES string of the molecule is COC(=O)[C@@H]1Cc2ccccc2CN1CC(=O)Nc1cccc(C)c1. The van der Waals surface area contributed by atoms with Crippen molar-refractivity contribution in [1.82, 2.24) is 4.90 Å². The van der Waals surface area contributed by atoms with Gasteiger partial charge in [-0.15, -0.1) is 0 Å². The Morgan fingerprint density at radius 2 is 1.92 bits per heavy atom. The molecule has 1 atom stereocenters. The number of anilines is 1. The van der Waals surface area contributed by atoms with Gasteiger partial charge in [-0.25, -0.2) is 0 Å². The summed E-state index contributed by atoms with van der Waals surface area (Å²) >= 11 is 0. The maximum absolute atomic E-state index is 12.5. The second-order valence-electron chi connectivity index (χ2n) is 6.33. The van der Waals surface area contributed by atoms with Crippen LogP contribution in [0.4, 0.5) is 5.69 Å². The Hall–Kier alpha value is -2.66. The fourth-order valence-electron chi connectivity index (χ4n) is 3.22. The maximum atomic E-state index is 12.5. The highest BCUT2D eigenvalue weighted by atomic mass is 16.5. The highest BCUT2D eigenvalue weighted by Gasteiger charge is 2.33. The van der Waals surface area contributed by atoms with Gasteiger partial charge >= 0.3 is 5.97 Å². The molecule has 1 N–H and O–H groups in total. The first-order valence-corrected chi connectivity index (χ1v) is 8.32. The first kappa shape index (κ1) is 17.2. The number of nitrogens with one attached hydrogen (secondary N) is 1. The molecule has 5 nitrogen and oxygen atoms in total. The lowest BCUT2D eigenvalue weighted by molar-refractivity contribution is -0.148. The van der Waals surface area contributed by atoms with E-state index in [1.54, 1.807) is 0 Å². The lowest BCUT2D eigenvalue weighted by Gasteiger charge is -2.34. The summed E-state index contributed by atoms with van der Waals surface area (Å²) < 4.78 is 4.94. The summed E-state index contributed by atoms with van der Waals surface area (Å²) in [6.07, 6.45) is 0.556. The fraction of sp³-hybridized carbons (Fsp3) is 0.300. The van der Waals surface area contributed by atoms with Crippen LogP contribution < -0.4 is 5.32 Å². The van der Waals surface area contributed by atoms with Gasteiger partial charge in [-0.2, -0.15) is 0 Å². The molecule has 0 aliphatic carbocycles. The van der Waals surface area contributed by atoms with Crippen molar-refractivity contribution in [3.63, 3.8) is 0 Å². The smallest absolute Gasteiger partial charge is 0.323 e. The second-order valence-corrected chi connectivity index (χ2v) is 6.33. The van der Waals surface area contributed by atoms with E-state index in [1.807, 2.05) is 60.4 Å². The number of ether oxygens (including phenoxy) is 1. The van der Waals surface area contributed by atoms with E-state index < -0.39 is 6.04 Å². The lowest BCUT2D eigenvalue weighted by Crippen LogP contribution is -2.49. The Balaban J connectivity index is 1.74. The van der Waals surface area contributed by atoms with Gasteiger partial charge in [0.1, 0.15) is 6.04 Å². The minimum Gasteiger partial charge on any atom is -0.468 e. The molecule has 1 amide bonds. The molecule has 130 valence electrons. The minimum absolute atomic E-state index is 0.140. The van der Waals surface area contributed by atoms with Crippen molar-refractivity contribution < 1.29 is 14.3 Å². The normalized spacial score (nSPS) is 16.8. The van der Waals surface area contributed by atoms with Gasteiger partial charge in [-0.3, -0.25) is 14.5 Å². The van der Waals surface area contributed by atoms with Crippen LogP contribution in [0.1, 0.15) is 16.7 Å². The van der Waals surface area contributed by atoms with Crippen molar-refractivity contribution in [1.29, 1.82) is 0 Å². The topological polar surface area (TPSA) is 58.6 Å². The number of aryl methyl sites for hydroxylation is 1. The molecule has 0 unspecified atom stereocenters. The molecule has 0 fully saturated rings. The van der Waals surface area contributed by atoms with E-state index in [0.717, 1.165) is 22.4 Å². The van der Waals surface area contributed by atoms with Gasteiger partial charge in [-0.05, 0) is 42.2 Å². The Labute approximate surface area is 147 Å². The molecule has 0 spiro atoms. The molecular formula is C20H22N2O3.